The second-order valence-electron chi connectivity index (χ2n) is 8.71. The maximum Gasteiger partial charge on any atom is 0.282 e. The zero-order valence-corrected chi connectivity index (χ0v) is 20.5. The van der Waals surface area contributed by atoms with Gasteiger partial charge in [0.15, 0.2) is 5.01 Å². The third-order valence-corrected chi connectivity index (χ3v) is 9.36. The van der Waals surface area contributed by atoms with Gasteiger partial charge >= 0.3 is 0 Å². The van der Waals surface area contributed by atoms with Crippen LogP contribution in [0.2, 0.25) is 0 Å². The normalized spacial score (nSPS) is 17.6. The van der Waals surface area contributed by atoms with Crippen LogP contribution in [-0.4, -0.2) is 79.0 Å². The Morgan fingerprint density at radius 3 is 2.50 bits per heavy atom. The van der Waals surface area contributed by atoms with E-state index in [9.17, 15) is 13.2 Å². The zero-order valence-electron chi connectivity index (χ0n) is 18.8. The molecule has 1 aromatic heterocycles. The van der Waals surface area contributed by atoms with E-state index in [1.165, 1.54) is 15.6 Å². The summed E-state index contributed by atoms with van der Waals surface area (Å²) in [6.45, 7) is 2.89. The number of amidine groups is 1. The van der Waals surface area contributed by atoms with E-state index in [0.717, 1.165) is 40.9 Å². The Morgan fingerprint density at radius 1 is 1.06 bits per heavy atom. The van der Waals surface area contributed by atoms with Crippen molar-refractivity contribution in [3.8, 4) is 0 Å². The van der Waals surface area contributed by atoms with E-state index in [-0.39, 0.29) is 29.7 Å². The van der Waals surface area contributed by atoms with Crippen LogP contribution in [-0.2, 0) is 23.0 Å². The highest BCUT2D eigenvalue weighted by Crippen LogP contribution is 2.27. The maximum absolute atomic E-state index is 13.3. The summed E-state index contributed by atoms with van der Waals surface area (Å²) in [5.41, 5.74) is 7.16. The number of carbonyl (C=O) groups is 1. The SMILES string of the molecule is CN1CCc2nc(C(=O)N3CCN(S(=O)(=O)c4ccc5cc(C(=N)N)ccc5c4)CC3)sc2C1. The number of benzene rings is 2. The number of nitrogen functional groups attached to an aromatic ring is 1. The molecule has 3 aromatic rings. The number of fused-ring (bicyclic) bond motifs is 2. The molecule has 1 saturated heterocycles. The lowest BCUT2D eigenvalue weighted by atomic mass is 10.1. The average Bonchev–Trinajstić information content (AvgIpc) is 3.26. The van der Waals surface area contributed by atoms with E-state index in [4.69, 9.17) is 11.1 Å². The molecule has 0 saturated carbocycles. The summed E-state index contributed by atoms with van der Waals surface area (Å²) in [5.74, 6) is -0.151. The van der Waals surface area contributed by atoms with Crippen LogP contribution in [0.3, 0.4) is 0 Å². The van der Waals surface area contributed by atoms with Crippen molar-refractivity contribution >= 4 is 43.9 Å². The third-order valence-electron chi connectivity index (χ3n) is 6.39. The minimum atomic E-state index is -3.69. The fraction of sp³-hybridized carbons (Fsp3) is 0.348. The Labute approximate surface area is 202 Å². The van der Waals surface area contributed by atoms with Gasteiger partial charge in [-0.25, -0.2) is 13.4 Å². The second-order valence-corrected chi connectivity index (χ2v) is 11.7. The molecule has 9 nitrogen and oxygen atoms in total. The molecular weight excluding hydrogens is 472 g/mol. The number of carbonyl (C=O) groups excluding carboxylic acids is 1. The highest BCUT2D eigenvalue weighted by Gasteiger charge is 2.32. The van der Waals surface area contributed by atoms with Gasteiger partial charge in [-0.2, -0.15) is 4.31 Å². The molecule has 11 heteroatoms. The molecule has 0 atom stereocenters. The molecule has 2 aliphatic heterocycles. The Morgan fingerprint density at radius 2 is 1.76 bits per heavy atom. The molecule has 1 amide bonds. The molecule has 0 bridgehead atoms. The van der Waals surface area contributed by atoms with E-state index >= 15 is 0 Å². The number of nitrogens with two attached hydrogens (primary N) is 1. The van der Waals surface area contributed by atoms with Gasteiger partial charge in [-0.05, 0) is 36.0 Å². The molecule has 3 N–H and O–H groups in total. The van der Waals surface area contributed by atoms with Gasteiger partial charge < -0.3 is 15.5 Å². The van der Waals surface area contributed by atoms with E-state index < -0.39 is 10.0 Å². The molecule has 2 aliphatic rings. The van der Waals surface area contributed by atoms with Gasteiger partial charge in [-0.1, -0.05) is 18.2 Å². The van der Waals surface area contributed by atoms with Gasteiger partial charge in [-0.3, -0.25) is 10.2 Å². The topological polar surface area (TPSA) is 124 Å². The van der Waals surface area contributed by atoms with Crippen molar-refractivity contribution in [2.45, 2.75) is 17.9 Å². The van der Waals surface area contributed by atoms with Gasteiger partial charge in [0.1, 0.15) is 5.84 Å². The number of aromatic nitrogens is 1. The minimum absolute atomic E-state index is 0.0312. The lowest BCUT2D eigenvalue weighted by Crippen LogP contribution is -2.50. The number of thiazole rings is 1. The minimum Gasteiger partial charge on any atom is -0.384 e. The molecule has 0 aliphatic carbocycles. The summed E-state index contributed by atoms with van der Waals surface area (Å²) in [6, 6.07) is 10.2. The first-order valence-electron chi connectivity index (χ1n) is 11.1. The Balaban J connectivity index is 1.29. The van der Waals surface area contributed by atoms with E-state index in [1.807, 2.05) is 0 Å². The molecule has 1 fully saturated rings. The third kappa shape index (κ3) is 4.20. The van der Waals surface area contributed by atoms with Crippen molar-refractivity contribution in [3.05, 3.63) is 57.5 Å². The van der Waals surface area contributed by atoms with Gasteiger partial charge in [0.25, 0.3) is 5.91 Å². The Hall–Kier alpha value is -2.86. The van der Waals surface area contributed by atoms with Gasteiger partial charge in [0.05, 0.1) is 10.6 Å². The summed E-state index contributed by atoms with van der Waals surface area (Å²) in [5, 5.41) is 9.65. The van der Waals surface area contributed by atoms with Crippen LogP contribution in [0.15, 0.2) is 41.3 Å². The molecule has 3 heterocycles. The lowest BCUT2D eigenvalue weighted by molar-refractivity contribution is 0.0697. The van der Waals surface area contributed by atoms with E-state index in [1.54, 1.807) is 41.3 Å². The first kappa shape index (κ1) is 22.9. The van der Waals surface area contributed by atoms with Crippen molar-refractivity contribution in [3.63, 3.8) is 0 Å². The maximum atomic E-state index is 13.3. The average molecular weight is 499 g/mol. The van der Waals surface area contributed by atoms with Crippen LogP contribution in [0.1, 0.15) is 25.9 Å². The molecule has 0 radical (unpaired) electrons. The van der Waals surface area contributed by atoms with Crippen LogP contribution < -0.4 is 5.73 Å². The summed E-state index contributed by atoms with van der Waals surface area (Å²) in [7, 11) is -1.63. The van der Waals surface area contributed by atoms with Crippen LogP contribution in [0.4, 0.5) is 0 Å². The number of likely N-dealkylation sites (N-methyl/N-ethyl adjacent to an activating group) is 1. The highest BCUT2D eigenvalue weighted by atomic mass is 32.2. The number of nitrogens with one attached hydrogen (secondary N) is 1. The van der Waals surface area contributed by atoms with E-state index in [0.29, 0.717) is 23.7 Å². The van der Waals surface area contributed by atoms with Crippen molar-refractivity contribution < 1.29 is 13.2 Å². The van der Waals surface area contributed by atoms with Crippen LogP contribution >= 0.6 is 11.3 Å². The molecular formula is C23H26N6O3S2. The first-order valence-corrected chi connectivity index (χ1v) is 13.3. The van der Waals surface area contributed by atoms with Crippen molar-refractivity contribution in [2.75, 3.05) is 39.8 Å². The van der Waals surface area contributed by atoms with Crippen molar-refractivity contribution in [1.29, 1.82) is 5.41 Å². The molecule has 178 valence electrons. The van der Waals surface area contributed by atoms with Gasteiger partial charge in [0.2, 0.25) is 10.0 Å². The molecule has 2 aromatic carbocycles. The molecule has 34 heavy (non-hydrogen) atoms. The van der Waals surface area contributed by atoms with E-state index in [2.05, 4.69) is 16.9 Å². The van der Waals surface area contributed by atoms with Crippen molar-refractivity contribution in [2.24, 2.45) is 5.73 Å². The standard InChI is InChI=1S/C23H26N6O3S2/c1-27-7-6-19-20(14-27)33-22(26-19)23(30)28-8-10-29(11-9-28)34(31,32)18-5-4-15-12-17(21(24)25)3-2-16(15)13-18/h2-5,12-13H,6-11,14H2,1H3,(H3,24,25). The number of amides is 1. The van der Waals surface area contributed by atoms with Gasteiger partial charge in [-0.15, -0.1) is 11.3 Å². The predicted octanol–water partition coefficient (Wildman–Crippen LogP) is 1.71. The fourth-order valence-corrected chi connectivity index (χ4v) is 7.00. The highest BCUT2D eigenvalue weighted by molar-refractivity contribution is 7.89. The van der Waals surface area contributed by atoms with Crippen LogP contribution in [0.25, 0.3) is 10.8 Å². The number of nitrogens with zero attached hydrogens (tertiary/aromatic N) is 4. The first-order chi connectivity index (χ1) is 16.2. The molecule has 5 rings (SSSR count). The van der Waals surface area contributed by atoms with Crippen LogP contribution in [0, 0.1) is 5.41 Å². The number of piperazine rings is 1. The predicted molar refractivity (Wildman–Crippen MR) is 132 cm³/mol. The van der Waals surface area contributed by atoms with Gasteiger partial charge in [0, 0.05) is 56.1 Å². The number of hydrogen-bond donors (Lipinski definition) is 2. The summed E-state index contributed by atoms with van der Waals surface area (Å²) < 4.78 is 28.0. The monoisotopic (exact) mass is 498 g/mol. The van der Waals surface area contributed by atoms with Crippen LogP contribution in [0.5, 0.6) is 0 Å². The quantitative estimate of drug-likeness (QED) is 0.417. The molecule has 0 spiro atoms. The Bertz CT molecular complexity index is 1390. The smallest absolute Gasteiger partial charge is 0.282 e. The number of sulfonamides is 1. The Kier molecular flexibility index (Phi) is 5.88. The molecule has 0 unspecified atom stereocenters. The van der Waals surface area contributed by atoms with Crippen molar-refractivity contribution in [1.82, 2.24) is 19.1 Å². The second kappa shape index (κ2) is 8.73. The zero-order chi connectivity index (χ0) is 24.0. The number of rotatable bonds is 4. The number of hydrogen-bond acceptors (Lipinski definition) is 7. The summed E-state index contributed by atoms with van der Waals surface area (Å²) >= 11 is 1.45. The fourth-order valence-electron chi connectivity index (χ4n) is 4.38. The summed E-state index contributed by atoms with van der Waals surface area (Å²) in [6.07, 6.45) is 0.851. The summed E-state index contributed by atoms with van der Waals surface area (Å²) in [4.78, 5) is 22.9. The lowest BCUT2D eigenvalue weighted by Gasteiger charge is -2.33. The largest absolute Gasteiger partial charge is 0.384 e.